The summed E-state index contributed by atoms with van der Waals surface area (Å²) in [7, 11) is 0. The van der Waals surface area contributed by atoms with E-state index in [1.165, 1.54) is 16.7 Å². The van der Waals surface area contributed by atoms with Crippen LogP contribution >= 0.6 is 11.6 Å². The Morgan fingerprint density at radius 2 is 1.84 bits per heavy atom. The van der Waals surface area contributed by atoms with Gasteiger partial charge in [0, 0.05) is 18.1 Å². The Labute approximate surface area is 156 Å². The highest BCUT2D eigenvalue weighted by atomic mass is 35.5. The molecule has 0 saturated carbocycles. The summed E-state index contributed by atoms with van der Waals surface area (Å²) in [6.45, 7) is 9.07. The maximum atomic E-state index is 10.4. The molecule has 0 aliphatic carbocycles. The second-order valence-electron chi connectivity index (χ2n) is 6.58. The number of ether oxygens (including phenoxy) is 1. The normalized spacial score (nSPS) is 12.4. The first-order valence-corrected chi connectivity index (χ1v) is 9.20. The summed E-state index contributed by atoms with van der Waals surface area (Å²) in [5.74, 6) is 0.722. The average molecular weight is 362 g/mol. The number of hydrogen-bond acceptors (Lipinski definition) is 3. The fraction of sp³-hybridized carbons (Fsp3) is 0.429. The Kier molecular flexibility index (Phi) is 7.76. The molecule has 0 radical (unpaired) electrons. The first-order chi connectivity index (χ1) is 12.0. The third-order valence-electron chi connectivity index (χ3n) is 4.16. The highest BCUT2D eigenvalue weighted by molar-refractivity contribution is 6.30. The van der Waals surface area contributed by atoms with Crippen molar-refractivity contribution in [3.8, 4) is 5.75 Å². The molecule has 25 heavy (non-hydrogen) atoms. The molecule has 0 aliphatic heterocycles. The highest BCUT2D eigenvalue weighted by Crippen LogP contribution is 2.17. The molecule has 4 heteroatoms. The van der Waals surface area contributed by atoms with Crippen LogP contribution in [0.1, 0.15) is 30.0 Å². The van der Waals surface area contributed by atoms with E-state index in [0.29, 0.717) is 11.6 Å². The van der Waals surface area contributed by atoms with Gasteiger partial charge in [0.05, 0.1) is 0 Å². The number of benzene rings is 2. The van der Waals surface area contributed by atoms with Crippen molar-refractivity contribution in [2.24, 2.45) is 0 Å². The molecule has 0 aromatic heterocycles. The van der Waals surface area contributed by atoms with Gasteiger partial charge in [-0.15, -0.1) is 0 Å². The minimum atomic E-state index is -0.535. The molecule has 0 fully saturated rings. The van der Waals surface area contributed by atoms with E-state index in [1.54, 1.807) is 12.1 Å². The van der Waals surface area contributed by atoms with Crippen LogP contribution in [-0.2, 0) is 6.54 Å². The van der Waals surface area contributed by atoms with E-state index >= 15 is 0 Å². The van der Waals surface area contributed by atoms with Gasteiger partial charge in [-0.05, 0) is 62.2 Å². The van der Waals surface area contributed by atoms with Crippen molar-refractivity contribution in [1.82, 2.24) is 4.90 Å². The monoisotopic (exact) mass is 361 g/mol. The van der Waals surface area contributed by atoms with Crippen molar-refractivity contribution in [3.05, 3.63) is 64.2 Å². The van der Waals surface area contributed by atoms with E-state index in [0.717, 1.165) is 25.3 Å². The van der Waals surface area contributed by atoms with Gasteiger partial charge in [-0.2, -0.15) is 0 Å². The van der Waals surface area contributed by atoms with Crippen LogP contribution in [-0.4, -0.2) is 35.8 Å². The van der Waals surface area contributed by atoms with Crippen LogP contribution in [0.25, 0.3) is 0 Å². The standard InChI is InChI=1S/C21H28ClNO2/c1-4-11-23(13-18-12-16(2)5-6-17(18)3)14-20(24)15-25-21-9-7-19(22)8-10-21/h5-10,12,20,24H,4,11,13-15H2,1-3H3. The lowest BCUT2D eigenvalue weighted by Crippen LogP contribution is -2.36. The van der Waals surface area contributed by atoms with Crippen molar-refractivity contribution in [2.45, 2.75) is 39.8 Å². The van der Waals surface area contributed by atoms with Gasteiger partial charge >= 0.3 is 0 Å². The number of aliphatic hydroxyl groups excluding tert-OH is 1. The van der Waals surface area contributed by atoms with Crippen LogP contribution in [0.3, 0.4) is 0 Å². The summed E-state index contributed by atoms with van der Waals surface area (Å²) < 4.78 is 5.66. The van der Waals surface area contributed by atoms with Crippen LogP contribution in [0.4, 0.5) is 0 Å². The van der Waals surface area contributed by atoms with Crippen LogP contribution in [0.2, 0.25) is 5.02 Å². The largest absolute Gasteiger partial charge is 0.491 e. The summed E-state index contributed by atoms with van der Waals surface area (Å²) >= 11 is 5.87. The fourth-order valence-electron chi connectivity index (χ4n) is 2.84. The van der Waals surface area contributed by atoms with Crippen LogP contribution in [0, 0.1) is 13.8 Å². The molecule has 136 valence electrons. The predicted molar refractivity (Wildman–Crippen MR) is 104 cm³/mol. The van der Waals surface area contributed by atoms with Crippen LogP contribution in [0.5, 0.6) is 5.75 Å². The zero-order valence-electron chi connectivity index (χ0n) is 15.3. The van der Waals surface area contributed by atoms with Gasteiger partial charge in [-0.25, -0.2) is 0 Å². The highest BCUT2D eigenvalue weighted by Gasteiger charge is 2.14. The first-order valence-electron chi connectivity index (χ1n) is 8.83. The van der Waals surface area contributed by atoms with E-state index in [-0.39, 0.29) is 6.61 Å². The Morgan fingerprint density at radius 3 is 2.52 bits per heavy atom. The average Bonchev–Trinajstić information content (AvgIpc) is 2.58. The third-order valence-corrected chi connectivity index (χ3v) is 4.42. The van der Waals surface area contributed by atoms with E-state index < -0.39 is 6.10 Å². The second-order valence-corrected chi connectivity index (χ2v) is 7.02. The summed E-state index contributed by atoms with van der Waals surface area (Å²) in [6, 6.07) is 13.7. The molecule has 0 bridgehead atoms. The molecule has 0 amide bonds. The number of halogens is 1. The minimum absolute atomic E-state index is 0.272. The Bertz CT molecular complexity index is 657. The maximum absolute atomic E-state index is 10.4. The summed E-state index contributed by atoms with van der Waals surface area (Å²) in [6.07, 6.45) is 0.516. The van der Waals surface area contributed by atoms with Gasteiger partial charge in [0.1, 0.15) is 18.5 Å². The molecule has 2 aromatic rings. The van der Waals surface area contributed by atoms with E-state index in [4.69, 9.17) is 16.3 Å². The minimum Gasteiger partial charge on any atom is -0.491 e. The molecular weight excluding hydrogens is 334 g/mol. The molecule has 1 unspecified atom stereocenters. The third kappa shape index (κ3) is 6.69. The van der Waals surface area contributed by atoms with Crippen molar-refractivity contribution in [2.75, 3.05) is 19.7 Å². The lowest BCUT2D eigenvalue weighted by atomic mass is 10.0. The molecule has 1 atom stereocenters. The molecule has 2 aromatic carbocycles. The number of rotatable bonds is 9. The van der Waals surface area contributed by atoms with Crippen LogP contribution in [0.15, 0.2) is 42.5 Å². The van der Waals surface area contributed by atoms with Crippen molar-refractivity contribution in [1.29, 1.82) is 0 Å². The summed E-state index contributed by atoms with van der Waals surface area (Å²) in [5.41, 5.74) is 3.88. The Morgan fingerprint density at radius 1 is 1.12 bits per heavy atom. The number of aliphatic hydroxyl groups is 1. The van der Waals surface area contributed by atoms with Gasteiger partial charge in [0.15, 0.2) is 0 Å². The predicted octanol–water partition coefficient (Wildman–Crippen LogP) is 4.61. The number of aryl methyl sites for hydroxylation is 2. The fourth-order valence-corrected chi connectivity index (χ4v) is 2.96. The molecule has 0 aliphatic rings. The van der Waals surface area contributed by atoms with E-state index in [9.17, 15) is 5.11 Å². The van der Waals surface area contributed by atoms with Gasteiger partial charge in [-0.3, -0.25) is 4.90 Å². The molecule has 0 saturated heterocycles. The second kappa shape index (κ2) is 9.81. The zero-order chi connectivity index (χ0) is 18.2. The maximum Gasteiger partial charge on any atom is 0.119 e. The van der Waals surface area contributed by atoms with Crippen molar-refractivity contribution < 1.29 is 9.84 Å². The molecule has 0 heterocycles. The summed E-state index contributed by atoms with van der Waals surface area (Å²) in [5, 5.41) is 11.0. The molecule has 0 spiro atoms. The SMILES string of the molecule is CCCN(Cc1cc(C)ccc1C)CC(O)COc1ccc(Cl)cc1. The van der Waals surface area contributed by atoms with E-state index in [2.05, 4.69) is 43.9 Å². The van der Waals surface area contributed by atoms with Gasteiger partial charge in [-0.1, -0.05) is 42.3 Å². The van der Waals surface area contributed by atoms with Crippen molar-refractivity contribution in [3.63, 3.8) is 0 Å². The molecule has 2 rings (SSSR count). The number of hydrogen-bond donors (Lipinski definition) is 1. The Hall–Kier alpha value is -1.55. The zero-order valence-corrected chi connectivity index (χ0v) is 16.1. The smallest absolute Gasteiger partial charge is 0.119 e. The number of nitrogens with zero attached hydrogens (tertiary/aromatic N) is 1. The molecular formula is C21H28ClNO2. The summed E-state index contributed by atoms with van der Waals surface area (Å²) in [4.78, 5) is 2.29. The van der Waals surface area contributed by atoms with Crippen molar-refractivity contribution >= 4 is 11.6 Å². The lowest BCUT2D eigenvalue weighted by molar-refractivity contribution is 0.0655. The van der Waals surface area contributed by atoms with Gasteiger partial charge < -0.3 is 9.84 Å². The van der Waals surface area contributed by atoms with E-state index in [1.807, 2.05) is 12.1 Å². The first kappa shape index (κ1) is 19.8. The quantitative estimate of drug-likeness (QED) is 0.708. The topological polar surface area (TPSA) is 32.7 Å². The molecule has 3 nitrogen and oxygen atoms in total. The molecule has 1 N–H and O–H groups in total. The van der Waals surface area contributed by atoms with Crippen LogP contribution < -0.4 is 4.74 Å². The lowest BCUT2D eigenvalue weighted by Gasteiger charge is -2.25. The van der Waals surface area contributed by atoms with Gasteiger partial charge in [0.2, 0.25) is 0 Å². The Balaban J connectivity index is 1.90. The van der Waals surface area contributed by atoms with Gasteiger partial charge in [0.25, 0.3) is 0 Å².